The van der Waals surface area contributed by atoms with Crippen molar-refractivity contribution in [2.24, 2.45) is 5.92 Å². The van der Waals surface area contributed by atoms with Crippen LogP contribution in [0, 0.1) is 5.92 Å². The van der Waals surface area contributed by atoms with Crippen molar-refractivity contribution >= 4 is 17.8 Å². The van der Waals surface area contributed by atoms with Crippen molar-refractivity contribution in [2.75, 3.05) is 32.5 Å². The molecule has 0 bridgehead atoms. The Hall–Kier alpha value is -3.16. The average Bonchev–Trinajstić information content (AvgIpc) is 2.83. The van der Waals surface area contributed by atoms with Crippen LogP contribution in [0.1, 0.15) is 50.8 Å². The van der Waals surface area contributed by atoms with Gasteiger partial charge in [0.25, 0.3) is 0 Å². The van der Waals surface area contributed by atoms with E-state index in [1.807, 2.05) is 34.1 Å². The average molecular weight is 438 g/mol. The Morgan fingerprint density at radius 3 is 2.62 bits per heavy atom. The van der Waals surface area contributed by atoms with E-state index >= 15 is 0 Å². The van der Waals surface area contributed by atoms with Gasteiger partial charge in [-0.25, -0.2) is 9.97 Å². The molecule has 2 fully saturated rings. The highest BCUT2D eigenvalue weighted by atomic mass is 16.5. The molecule has 1 aromatic carbocycles. The largest absolute Gasteiger partial charge is 0.497 e. The number of benzene rings is 1. The second-order valence-electron chi connectivity index (χ2n) is 8.58. The highest BCUT2D eigenvalue weighted by Gasteiger charge is 2.36. The Labute approximate surface area is 188 Å². The van der Waals surface area contributed by atoms with Crippen LogP contribution in [0.3, 0.4) is 0 Å². The molecular formula is C24H31N5O3. The molecule has 8 heteroatoms. The zero-order valence-electron chi connectivity index (χ0n) is 18.8. The van der Waals surface area contributed by atoms with Crippen molar-refractivity contribution in [3.05, 3.63) is 36.2 Å². The molecule has 2 N–H and O–H groups in total. The summed E-state index contributed by atoms with van der Waals surface area (Å²) in [5.74, 6) is 1.13. The van der Waals surface area contributed by atoms with E-state index in [9.17, 15) is 9.59 Å². The molecule has 0 aliphatic carbocycles. The molecule has 2 amide bonds. The van der Waals surface area contributed by atoms with Crippen LogP contribution in [0.15, 0.2) is 30.5 Å². The molecule has 0 spiro atoms. The Kier molecular flexibility index (Phi) is 6.58. The van der Waals surface area contributed by atoms with E-state index in [0.717, 1.165) is 41.8 Å². The first-order chi connectivity index (χ1) is 15.5. The van der Waals surface area contributed by atoms with Crippen LogP contribution in [-0.2, 0) is 9.59 Å². The minimum Gasteiger partial charge on any atom is -0.497 e. The number of ether oxygens (including phenoxy) is 1. The third kappa shape index (κ3) is 4.54. The topological polar surface area (TPSA) is 102 Å². The number of anilines is 1. The quantitative estimate of drug-likeness (QED) is 0.789. The summed E-state index contributed by atoms with van der Waals surface area (Å²) in [6.45, 7) is 3.57. The number of likely N-dealkylation sites (tertiary alicyclic amines) is 2. The molecule has 2 aliphatic rings. The van der Waals surface area contributed by atoms with Crippen LogP contribution in [0.25, 0.3) is 11.1 Å². The molecule has 3 heterocycles. The first kappa shape index (κ1) is 22.0. The lowest BCUT2D eigenvalue weighted by Gasteiger charge is -2.40. The normalized spacial score (nSPS) is 19.6. The fourth-order valence-corrected chi connectivity index (χ4v) is 4.83. The van der Waals surface area contributed by atoms with Crippen molar-refractivity contribution < 1.29 is 14.3 Å². The Bertz CT molecular complexity index is 987. The zero-order valence-corrected chi connectivity index (χ0v) is 18.8. The first-order valence-corrected chi connectivity index (χ1v) is 11.3. The van der Waals surface area contributed by atoms with Gasteiger partial charge in [-0.3, -0.25) is 9.59 Å². The van der Waals surface area contributed by atoms with Gasteiger partial charge in [-0.15, -0.1) is 0 Å². The number of carbonyl (C=O) groups excluding carboxylic acids is 2. The number of hydrogen-bond donors (Lipinski definition) is 1. The maximum absolute atomic E-state index is 13.6. The molecule has 2 aromatic rings. The molecule has 8 nitrogen and oxygen atoms in total. The number of amides is 2. The summed E-state index contributed by atoms with van der Waals surface area (Å²) >= 11 is 0. The van der Waals surface area contributed by atoms with E-state index in [1.54, 1.807) is 20.2 Å². The van der Waals surface area contributed by atoms with Gasteiger partial charge in [0, 0.05) is 44.2 Å². The number of hydrogen-bond acceptors (Lipinski definition) is 6. The van der Waals surface area contributed by atoms with E-state index in [-0.39, 0.29) is 29.7 Å². The molecular weight excluding hydrogens is 406 g/mol. The number of methoxy groups -OCH3 is 1. The van der Waals surface area contributed by atoms with Gasteiger partial charge in [-0.1, -0.05) is 12.1 Å². The smallest absolute Gasteiger partial charge is 0.226 e. The zero-order chi connectivity index (χ0) is 22.7. The number of carbonyl (C=O) groups is 2. The van der Waals surface area contributed by atoms with E-state index in [1.165, 1.54) is 0 Å². The van der Waals surface area contributed by atoms with Crippen LogP contribution < -0.4 is 10.5 Å². The van der Waals surface area contributed by atoms with Crippen LogP contribution in [0.5, 0.6) is 5.75 Å². The number of rotatable bonds is 4. The van der Waals surface area contributed by atoms with Crippen LogP contribution in [0.2, 0.25) is 0 Å². The Balaban J connectivity index is 1.63. The van der Waals surface area contributed by atoms with E-state index in [2.05, 4.69) is 9.97 Å². The number of aromatic nitrogens is 2. The van der Waals surface area contributed by atoms with Crippen LogP contribution in [0.4, 0.5) is 5.95 Å². The summed E-state index contributed by atoms with van der Waals surface area (Å²) in [6.07, 6.45) is 6.00. The van der Waals surface area contributed by atoms with Gasteiger partial charge in [0.05, 0.1) is 18.8 Å². The fraction of sp³-hybridized carbons (Fsp3) is 0.500. The summed E-state index contributed by atoms with van der Waals surface area (Å²) in [5.41, 5.74) is 8.59. The summed E-state index contributed by atoms with van der Waals surface area (Å²) in [7, 11) is 1.64. The van der Waals surface area contributed by atoms with Gasteiger partial charge in [-0.05, 0) is 49.8 Å². The van der Waals surface area contributed by atoms with Gasteiger partial charge >= 0.3 is 0 Å². The van der Waals surface area contributed by atoms with E-state index in [4.69, 9.17) is 10.5 Å². The SMILES string of the molecule is COc1cccc(-c2cnc(N)nc2C2CCCCN2C(=O)C2CCN(C(C)=O)CC2)c1. The number of nitrogens with zero attached hydrogens (tertiary/aromatic N) is 4. The molecule has 32 heavy (non-hydrogen) atoms. The molecule has 1 atom stereocenters. The predicted molar refractivity (Wildman–Crippen MR) is 122 cm³/mol. The van der Waals surface area contributed by atoms with Crippen molar-refractivity contribution in [1.82, 2.24) is 19.8 Å². The summed E-state index contributed by atoms with van der Waals surface area (Å²) in [6, 6.07) is 7.62. The highest BCUT2D eigenvalue weighted by molar-refractivity contribution is 5.81. The second kappa shape index (κ2) is 9.54. The highest BCUT2D eigenvalue weighted by Crippen LogP contribution is 2.38. The Morgan fingerprint density at radius 2 is 1.91 bits per heavy atom. The monoisotopic (exact) mass is 437 g/mol. The molecule has 1 aromatic heterocycles. The third-order valence-electron chi connectivity index (χ3n) is 6.61. The number of nitrogen functional groups attached to an aromatic ring is 1. The van der Waals surface area contributed by atoms with E-state index < -0.39 is 0 Å². The van der Waals surface area contributed by atoms with Gasteiger partial charge in [0.1, 0.15) is 5.75 Å². The van der Waals surface area contributed by atoms with Crippen LogP contribution >= 0.6 is 0 Å². The van der Waals surface area contributed by atoms with Crippen molar-refractivity contribution in [3.8, 4) is 16.9 Å². The Morgan fingerprint density at radius 1 is 1.12 bits per heavy atom. The third-order valence-corrected chi connectivity index (χ3v) is 6.61. The first-order valence-electron chi connectivity index (χ1n) is 11.3. The van der Waals surface area contributed by atoms with Gasteiger partial charge < -0.3 is 20.3 Å². The summed E-state index contributed by atoms with van der Waals surface area (Å²) in [5, 5.41) is 0. The second-order valence-corrected chi connectivity index (χ2v) is 8.58. The van der Waals surface area contributed by atoms with Crippen molar-refractivity contribution in [3.63, 3.8) is 0 Å². The predicted octanol–water partition coefficient (Wildman–Crippen LogP) is 3.05. The molecule has 2 aliphatic heterocycles. The minimum atomic E-state index is -0.145. The van der Waals surface area contributed by atoms with Gasteiger partial charge in [-0.2, -0.15) is 0 Å². The lowest BCUT2D eigenvalue weighted by atomic mass is 9.90. The van der Waals surface area contributed by atoms with Gasteiger partial charge in [0.2, 0.25) is 17.8 Å². The summed E-state index contributed by atoms with van der Waals surface area (Å²) in [4.78, 5) is 37.9. The standard InChI is InChI=1S/C24H31N5O3/c1-16(30)28-12-9-17(10-13-28)23(31)29-11-4-3-8-21(29)22-20(15-26-24(25)27-22)18-6-5-7-19(14-18)32-2/h5-7,14-15,17,21H,3-4,8-13H2,1-2H3,(H2,25,26,27). The molecule has 170 valence electrons. The van der Waals surface area contributed by atoms with Crippen LogP contribution in [-0.4, -0.2) is 58.3 Å². The fourth-order valence-electron chi connectivity index (χ4n) is 4.83. The lowest BCUT2D eigenvalue weighted by Crippen LogP contribution is -2.46. The molecule has 0 radical (unpaired) electrons. The number of nitrogens with two attached hydrogens (primary N) is 1. The molecule has 4 rings (SSSR count). The molecule has 1 unspecified atom stereocenters. The maximum Gasteiger partial charge on any atom is 0.226 e. The van der Waals surface area contributed by atoms with Gasteiger partial charge in [0.15, 0.2) is 0 Å². The number of piperidine rings is 2. The van der Waals surface area contributed by atoms with E-state index in [0.29, 0.717) is 32.5 Å². The summed E-state index contributed by atoms with van der Waals surface area (Å²) < 4.78 is 5.39. The lowest BCUT2D eigenvalue weighted by molar-refractivity contribution is -0.143. The molecule has 0 saturated carbocycles. The van der Waals surface area contributed by atoms with Crippen molar-refractivity contribution in [1.29, 1.82) is 0 Å². The maximum atomic E-state index is 13.6. The van der Waals surface area contributed by atoms with Crippen molar-refractivity contribution in [2.45, 2.75) is 45.1 Å². The molecule has 2 saturated heterocycles. The minimum absolute atomic E-state index is 0.0642.